The number of hydrogen-bond acceptors (Lipinski definition) is 4. The molecule has 7 nitrogen and oxygen atoms in total. The second-order valence-electron chi connectivity index (χ2n) is 8.60. The first-order valence-electron chi connectivity index (χ1n) is 11.6. The van der Waals surface area contributed by atoms with Gasteiger partial charge in [0, 0.05) is 50.9 Å². The lowest BCUT2D eigenvalue weighted by Crippen LogP contribution is -2.45. The fourth-order valence-corrected chi connectivity index (χ4v) is 4.45. The van der Waals surface area contributed by atoms with Crippen LogP contribution in [0.15, 0.2) is 53.7 Å². The van der Waals surface area contributed by atoms with Crippen molar-refractivity contribution in [1.29, 1.82) is 0 Å². The van der Waals surface area contributed by atoms with Crippen molar-refractivity contribution in [3.63, 3.8) is 0 Å². The molecular weight excluding hydrogens is 529 g/mol. The molecule has 1 aromatic heterocycles. The molecule has 1 amide bonds. The predicted octanol–water partition coefficient (Wildman–Crippen LogP) is 3.73. The molecule has 1 aromatic carbocycles. The Morgan fingerprint density at radius 2 is 1.94 bits per heavy atom. The van der Waals surface area contributed by atoms with E-state index in [1.165, 1.54) is 12.8 Å². The van der Waals surface area contributed by atoms with E-state index in [1.54, 1.807) is 13.2 Å². The van der Waals surface area contributed by atoms with Gasteiger partial charge in [0.25, 0.3) is 0 Å². The number of ether oxygens (including phenoxy) is 1. The van der Waals surface area contributed by atoms with Crippen LogP contribution in [0.2, 0.25) is 0 Å². The summed E-state index contributed by atoms with van der Waals surface area (Å²) >= 11 is 0. The number of hydrogen-bond donors (Lipinski definition) is 2. The SMILES string of the molecule is CN=C(NCc1ccnc(OCc2ccccc2)c1)NC1CCN(C(=O)C2CCCC2)C1.I. The zero-order valence-electron chi connectivity index (χ0n) is 19.2. The monoisotopic (exact) mass is 563 g/mol. The second-order valence-corrected chi connectivity index (χ2v) is 8.60. The number of guanidine groups is 1. The molecule has 2 aliphatic rings. The molecule has 2 aromatic rings. The number of nitrogens with one attached hydrogen (secondary N) is 2. The molecule has 1 unspecified atom stereocenters. The topological polar surface area (TPSA) is 78.9 Å². The van der Waals surface area contributed by atoms with Crippen molar-refractivity contribution in [2.75, 3.05) is 20.1 Å². The Bertz CT molecular complexity index is 918. The molecule has 0 spiro atoms. The van der Waals surface area contributed by atoms with Crippen LogP contribution in [0.3, 0.4) is 0 Å². The Balaban J connectivity index is 0.00000306. The van der Waals surface area contributed by atoms with E-state index in [0.717, 1.165) is 49.4 Å². The van der Waals surface area contributed by atoms with E-state index < -0.39 is 0 Å². The highest BCUT2D eigenvalue weighted by Crippen LogP contribution is 2.27. The number of halogens is 1. The second kappa shape index (κ2) is 12.8. The van der Waals surface area contributed by atoms with E-state index in [4.69, 9.17) is 4.74 Å². The lowest BCUT2D eigenvalue weighted by molar-refractivity contribution is -0.134. The van der Waals surface area contributed by atoms with Crippen molar-refractivity contribution in [3.05, 3.63) is 59.8 Å². The molecule has 1 aliphatic carbocycles. The molecular formula is C25H34IN5O2. The highest BCUT2D eigenvalue weighted by Gasteiger charge is 2.32. The number of benzene rings is 1. The van der Waals surface area contributed by atoms with Gasteiger partial charge in [0.2, 0.25) is 11.8 Å². The van der Waals surface area contributed by atoms with E-state index in [9.17, 15) is 4.79 Å². The minimum Gasteiger partial charge on any atom is -0.473 e. The Morgan fingerprint density at radius 3 is 2.70 bits per heavy atom. The highest BCUT2D eigenvalue weighted by atomic mass is 127. The number of carbonyl (C=O) groups is 1. The Kier molecular flexibility index (Phi) is 9.77. The summed E-state index contributed by atoms with van der Waals surface area (Å²) in [6.45, 7) is 2.69. The van der Waals surface area contributed by atoms with Crippen molar-refractivity contribution in [3.8, 4) is 5.88 Å². The number of amides is 1. The average Bonchev–Trinajstić information content (AvgIpc) is 3.53. The van der Waals surface area contributed by atoms with Crippen LogP contribution in [-0.4, -0.2) is 47.9 Å². The maximum atomic E-state index is 12.7. The van der Waals surface area contributed by atoms with Crippen LogP contribution < -0.4 is 15.4 Å². The van der Waals surface area contributed by atoms with Crippen molar-refractivity contribution in [1.82, 2.24) is 20.5 Å². The lowest BCUT2D eigenvalue weighted by atomic mass is 10.1. The Morgan fingerprint density at radius 1 is 1.15 bits per heavy atom. The van der Waals surface area contributed by atoms with Gasteiger partial charge in [-0.2, -0.15) is 0 Å². The zero-order valence-corrected chi connectivity index (χ0v) is 21.5. The first-order valence-corrected chi connectivity index (χ1v) is 11.6. The number of rotatable bonds is 7. The van der Waals surface area contributed by atoms with Gasteiger partial charge in [-0.3, -0.25) is 9.79 Å². The zero-order chi connectivity index (χ0) is 22.2. The molecule has 2 N–H and O–H groups in total. The van der Waals surface area contributed by atoms with E-state index in [1.807, 2.05) is 47.4 Å². The van der Waals surface area contributed by atoms with Gasteiger partial charge < -0.3 is 20.3 Å². The molecule has 2 heterocycles. The molecule has 178 valence electrons. The molecule has 1 aliphatic heterocycles. The summed E-state index contributed by atoms with van der Waals surface area (Å²) in [7, 11) is 1.77. The van der Waals surface area contributed by atoms with Gasteiger partial charge in [0.05, 0.1) is 0 Å². The van der Waals surface area contributed by atoms with Gasteiger partial charge >= 0.3 is 0 Å². The molecule has 4 rings (SSSR count). The minimum atomic E-state index is 0. The molecule has 33 heavy (non-hydrogen) atoms. The third-order valence-electron chi connectivity index (χ3n) is 6.26. The minimum absolute atomic E-state index is 0. The molecule has 2 fully saturated rings. The van der Waals surface area contributed by atoms with Gasteiger partial charge in [-0.25, -0.2) is 4.98 Å². The summed E-state index contributed by atoms with van der Waals surface area (Å²) in [6, 6.07) is 14.2. The van der Waals surface area contributed by atoms with Crippen LogP contribution in [-0.2, 0) is 17.9 Å². The fraction of sp³-hybridized carbons (Fsp3) is 0.480. The van der Waals surface area contributed by atoms with E-state index in [2.05, 4.69) is 20.6 Å². The third-order valence-corrected chi connectivity index (χ3v) is 6.26. The lowest BCUT2D eigenvalue weighted by Gasteiger charge is -2.21. The summed E-state index contributed by atoms with van der Waals surface area (Å²) in [6.07, 6.45) is 7.20. The maximum absolute atomic E-state index is 12.7. The number of nitrogens with zero attached hydrogens (tertiary/aromatic N) is 3. The average molecular weight is 563 g/mol. The summed E-state index contributed by atoms with van der Waals surface area (Å²) < 4.78 is 5.83. The highest BCUT2D eigenvalue weighted by molar-refractivity contribution is 14.0. The Labute approximate surface area is 213 Å². The third kappa shape index (κ3) is 7.31. The molecule has 1 saturated carbocycles. The molecule has 0 radical (unpaired) electrons. The first kappa shape index (κ1) is 25.3. The molecule has 8 heteroatoms. The van der Waals surface area contributed by atoms with Gasteiger partial charge in [0.1, 0.15) is 6.61 Å². The van der Waals surface area contributed by atoms with Crippen molar-refractivity contribution in [2.24, 2.45) is 10.9 Å². The van der Waals surface area contributed by atoms with Crippen molar-refractivity contribution >= 4 is 35.8 Å². The number of carbonyl (C=O) groups excluding carboxylic acids is 1. The van der Waals surface area contributed by atoms with E-state index in [-0.39, 0.29) is 35.9 Å². The fourth-order valence-electron chi connectivity index (χ4n) is 4.45. The summed E-state index contributed by atoms with van der Waals surface area (Å²) in [5.74, 6) is 1.94. The van der Waals surface area contributed by atoms with Crippen LogP contribution in [0.1, 0.15) is 43.2 Å². The van der Waals surface area contributed by atoms with E-state index >= 15 is 0 Å². The standard InChI is InChI=1S/C25H33N5O2.HI/c1-26-25(29-22-12-14-30(17-22)24(31)21-9-5-6-10-21)28-16-20-11-13-27-23(15-20)32-18-19-7-3-2-4-8-19;/h2-4,7-8,11,13,15,21-22H,5-6,9-10,12,14,16-18H2,1H3,(H2,26,28,29);1H. The van der Waals surface area contributed by atoms with Crippen LogP contribution in [0, 0.1) is 5.92 Å². The van der Waals surface area contributed by atoms with Gasteiger partial charge in [0.15, 0.2) is 5.96 Å². The van der Waals surface area contributed by atoms with Crippen LogP contribution in [0.5, 0.6) is 5.88 Å². The summed E-state index contributed by atoms with van der Waals surface area (Å²) in [5.41, 5.74) is 2.18. The quantitative estimate of drug-likeness (QED) is 0.305. The van der Waals surface area contributed by atoms with Gasteiger partial charge in [-0.15, -0.1) is 24.0 Å². The van der Waals surface area contributed by atoms with Gasteiger partial charge in [-0.1, -0.05) is 43.2 Å². The normalized spacial score (nSPS) is 18.6. The van der Waals surface area contributed by atoms with Crippen LogP contribution in [0.4, 0.5) is 0 Å². The van der Waals surface area contributed by atoms with E-state index in [0.29, 0.717) is 24.9 Å². The largest absolute Gasteiger partial charge is 0.473 e. The first-order chi connectivity index (χ1) is 15.7. The number of aliphatic imine (C=N–C) groups is 1. The smallest absolute Gasteiger partial charge is 0.225 e. The number of aromatic nitrogens is 1. The predicted molar refractivity (Wildman–Crippen MR) is 141 cm³/mol. The van der Waals surface area contributed by atoms with Crippen molar-refractivity contribution < 1.29 is 9.53 Å². The van der Waals surface area contributed by atoms with Crippen molar-refractivity contribution in [2.45, 2.75) is 51.3 Å². The van der Waals surface area contributed by atoms with Crippen LogP contribution >= 0.6 is 24.0 Å². The Hall–Kier alpha value is -2.36. The summed E-state index contributed by atoms with van der Waals surface area (Å²) in [4.78, 5) is 23.4. The van der Waals surface area contributed by atoms with Gasteiger partial charge in [-0.05, 0) is 36.5 Å². The van der Waals surface area contributed by atoms with Crippen LogP contribution in [0.25, 0.3) is 0 Å². The number of pyridine rings is 1. The molecule has 1 saturated heterocycles. The maximum Gasteiger partial charge on any atom is 0.225 e. The summed E-state index contributed by atoms with van der Waals surface area (Å²) in [5, 5.41) is 6.84. The molecule has 1 atom stereocenters. The molecule has 0 bridgehead atoms. The number of likely N-dealkylation sites (tertiary alicyclic amines) is 1.